The van der Waals surface area contributed by atoms with Crippen molar-refractivity contribution in [2.24, 2.45) is 5.92 Å². The SMILES string of the molecule is Nc1cc(N)c(NCC2CCC(O)CC2)c(F)c1Cl. The average Bonchev–Trinajstić information content (AvgIpc) is 2.38. The largest absolute Gasteiger partial charge is 0.397 e. The fraction of sp³-hybridized carbons (Fsp3) is 0.538. The molecule has 2 rings (SSSR count). The molecule has 0 unspecified atom stereocenters. The van der Waals surface area contributed by atoms with Gasteiger partial charge in [-0.2, -0.15) is 0 Å². The van der Waals surface area contributed by atoms with Crippen LogP contribution in [0.2, 0.25) is 5.02 Å². The van der Waals surface area contributed by atoms with Gasteiger partial charge in [0, 0.05) is 6.54 Å². The van der Waals surface area contributed by atoms with Crippen LogP contribution in [0.25, 0.3) is 0 Å². The molecule has 0 atom stereocenters. The van der Waals surface area contributed by atoms with Crippen molar-refractivity contribution in [3.63, 3.8) is 0 Å². The number of aliphatic hydroxyl groups is 1. The molecule has 1 saturated carbocycles. The molecule has 0 radical (unpaired) electrons. The lowest BCUT2D eigenvalue weighted by atomic mass is 9.87. The van der Waals surface area contributed by atoms with Gasteiger partial charge in [0.05, 0.1) is 23.2 Å². The average molecular weight is 288 g/mol. The zero-order chi connectivity index (χ0) is 14.0. The van der Waals surface area contributed by atoms with E-state index in [1.807, 2.05) is 0 Å². The number of nitrogens with one attached hydrogen (secondary N) is 1. The minimum absolute atomic E-state index is 0.101. The Kier molecular flexibility index (Phi) is 4.37. The van der Waals surface area contributed by atoms with Gasteiger partial charge in [-0.25, -0.2) is 4.39 Å². The topological polar surface area (TPSA) is 84.3 Å². The Morgan fingerprint density at radius 1 is 1.26 bits per heavy atom. The molecule has 0 spiro atoms. The van der Waals surface area contributed by atoms with Crippen molar-refractivity contribution in [3.05, 3.63) is 16.9 Å². The highest BCUT2D eigenvalue weighted by Gasteiger charge is 2.20. The van der Waals surface area contributed by atoms with E-state index in [1.54, 1.807) is 0 Å². The van der Waals surface area contributed by atoms with E-state index >= 15 is 0 Å². The Balaban J connectivity index is 2.02. The number of aliphatic hydroxyl groups excluding tert-OH is 1. The minimum atomic E-state index is -0.602. The first-order valence-electron chi connectivity index (χ1n) is 6.44. The zero-order valence-electron chi connectivity index (χ0n) is 10.6. The second kappa shape index (κ2) is 5.84. The Morgan fingerprint density at radius 2 is 1.89 bits per heavy atom. The molecule has 106 valence electrons. The minimum Gasteiger partial charge on any atom is -0.397 e. The number of nitrogen functional groups attached to an aromatic ring is 2. The first kappa shape index (κ1) is 14.2. The molecule has 1 aromatic rings. The molecule has 0 heterocycles. The monoisotopic (exact) mass is 287 g/mol. The fourth-order valence-electron chi connectivity index (χ4n) is 2.44. The summed E-state index contributed by atoms with van der Waals surface area (Å²) in [5.41, 5.74) is 11.9. The second-order valence-electron chi connectivity index (χ2n) is 5.11. The van der Waals surface area contributed by atoms with E-state index < -0.39 is 5.82 Å². The zero-order valence-corrected chi connectivity index (χ0v) is 11.4. The van der Waals surface area contributed by atoms with Crippen molar-refractivity contribution in [2.45, 2.75) is 31.8 Å². The van der Waals surface area contributed by atoms with Gasteiger partial charge in [0.25, 0.3) is 0 Å². The Hall–Kier alpha value is -1.20. The van der Waals surface area contributed by atoms with Crippen LogP contribution in [0.4, 0.5) is 21.5 Å². The molecule has 0 saturated heterocycles. The van der Waals surface area contributed by atoms with Crippen LogP contribution in [0.3, 0.4) is 0 Å². The van der Waals surface area contributed by atoms with Crippen LogP contribution in [0.15, 0.2) is 6.07 Å². The van der Waals surface area contributed by atoms with E-state index in [4.69, 9.17) is 23.1 Å². The van der Waals surface area contributed by atoms with Gasteiger partial charge in [-0.15, -0.1) is 0 Å². The lowest BCUT2D eigenvalue weighted by molar-refractivity contribution is 0.111. The molecule has 1 aromatic carbocycles. The van der Waals surface area contributed by atoms with Crippen molar-refractivity contribution in [3.8, 4) is 0 Å². The summed E-state index contributed by atoms with van der Waals surface area (Å²) in [5, 5.41) is 12.3. The summed E-state index contributed by atoms with van der Waals surface area (Å²) >= 11 is 5.77. The number of anilines is 3. The smallest absolute Gasteiger partial charge is 0.169 e. The summed E-state index contributed by atoms with van der Waals surface area (Å²) in [6, 6.07) is 1.46. The van der Waals surface area contributed by atoms with Crippen molar-refractivity contribution in [1.82, 2.24) is 0 Å². The van der Waals surface area contributed by atoms with E-state index in [9.17, 15) is 9.50 Å². The number of hydrogen-bond acceptors (Lipinski definition) is 4. The normalized spacial score (nSPS) is 23.3. The van der Waals surface area contributed by atoms with E-state index in [0.717, 1.165) is 25.7 Å². The predicted molar refractivity (Wildman–Crippen MR) is 76.7 cm³/mol. The van der Waals surface area contributed by atoms with Gasteiger partial charge in [0.1, 0.15) is 5.02 Å². The van der Waals surface area contributed by atoms with Crippen LogP contribution >= 0.6 is 11.6 Å². The molecular formula is C13H19ClFN3O. The fourth-order valence-corrected chi connectivity index (χ4v) is 2.59. The summed E-state index contributed by atoms with van der Waals surface area (Å²) in [6.07, 6.45) is 3.26. The van der Waals surface area contributed by atoms with E-state index in [0.29, 0.717) is 12.5 Å². The molecule has 4 nitrogen and oxygen atoms in total. The Morgan fingerprint density at radius 3 is 2.53 bits per heavy atom. The lowest BCUT2D eigenvalue weighted by Gasteiger charge is -2.26. The van der Waals surface area contributed by atoms with Gasteiger partial charge in [0.2, 0.25) is 0 Å². The van der Waals surface area contributed by atoms with Crippen LogP contribution in [-0.2, 0) is 0 Å². The lowest BCUT2D eigenvalue weighted by Crippen LogP contribution is -2.24. The van der Waals surface area contributed by atoms with Gasteiger partial charge in [-0.3, -0.25) is 0 Å². The molecule has 0 bridgehead atoms. The molecule has 0 aromatic heterocycles. The summed E-state index contributed by atoms with van der Waals surface area (Å²) in [7, 11) is 0. The molecule has 19 heavy (non-hydrogen) atoms. The Bertz CT molecular complexity index is 462. The van der Waals surface area contributed by atoms with Crippen molar-refractivity contribution in [2.75, 3.05) is 23.3 Å². The van der Waals surface area contributed by atoms with E-state index in [-0.39, 0.29) is 28.2 Å². The molecule has 6 N–H and O–H groups in total. The highest BCUT2D eigenvalue weighted by Crippen LogP contribution is 2.34. The third-order valence-electron chi connectivity index (χ3n) is 3.65. The summed E-state index contributed by atoms with van der Waals surface area (Å²) in [6.45, 7) is 0.619. The van der Waals surface area contributed by atoms with Crippen LogP contribution in [-0.4, -0.2) is 17.8 Å². The Labute approximate surface area is 116 Å². The van der Waals surface area contributed by atoms with Gasteiger partial charge in [-0.1, -0.05) is 11.6 Å². The summed E-state index contributed by atoms with van der Waals surface area (Å²) in [4.78, 5) is 0. The van der Waals surface area contributed by atoms with Crippen LogP contribution in [0, 0.1) is 11.7 Å². The number of hydrogen-bond donors (Lipinski definition) is 4. The number of halogens is 2. The molecule has 6 heteroatoms. The van der Waals surface area contributed by atoms with Gasteiger partial charge < -0.3 is 21.9 Å². The predicted octanol–water partition coefficient (Wildman–Crippen LogP) is 2.61. The van der Waals surface area contributed by atoms with E-state index in [2.05, 4.69) is 5.32 Å². The van der Waals surface area contributed by atoms with Crippen molar-refractivity contribution >= 4 is 28.7 Å². The highest BCUT2D eigenvalue weighted by molar-refractivity contribution is 6.33. The number of benzene rings is 1. The maximum absolute atomic E-state index is 13.9. The van der Waals surface area contributed by atoms with E-state index in [1.165, 1.54) is 6.07 Å². The van der Waals surface area contributed by atoms with Crippen molar-refractivity contribution < 1.29 is 9.50 Å². The van der Waals surface area contributed by atoms with Crippen LogP contribution in [0.1, 0.15) is 25.7 Å². The second-order valence-corrected chi connectivity index (χ2v) is 5.49. The summed E-state index contributed by atoms with van der Waals surface area (Å²) < 4.78 is 13.9. The molecule has 1 aliphatic carbocycles. The summed E-state index contributed by atoms with van der Waals surface area (Å²) in [5.74, 6) is -0.187. The molecule has 0 amide bonds. The standard InChI is InChI=1S/C13H19ClFN3O/c14-11-9(16)5-10(17)13(12(11)15)18-6-7-1-3-8(19)4-2-7/h5,7-8,18-19H,1-4,6,16-17H2. The third-order valence-corrected chi connectivity index (χ3v) is 4.03. The van der Waals surface area contributed by atoms with Gasteiger partial charge in [-0.05, 0) is 37.7 Å². The van der Waals surface area contributed by atoms with Crippen LogP contribution < -0.4 is 16.8 Å². The quantitative estimate of drug-likeness (QED) is 0.644. The first-order valence-corrected chi connectivity index (χ1v) is 6.81. The van der Waals surface area contributed by atoms with Gasteiger partial charge >= 0.3 is 0 Å². The number of nitrogens with two attached hydrogens (primary N) is 2. The van der Waals surface area contributed by atoms with Crippen molar-refractivity contribution in [1.29, 1.82) is 0 Å². The molecule has 0 aliphatic heterocycles. The third kappa shape index (κ3) is 3.22. The number of rotatable bonds is 3. The maximum Gasteiger partial charge on any atom is 0.169 e. The maximum atomic E-state index is 13.9. The molecular weight excluding hydrogens is 269 g/mol. The molecule has 1 fully saturated rings. The van der Waals surface area contributed by atoms with Gasteiger partial charge in [0.15, 0.2) is 5.82 Å². The highest BCUT2D eigenvalue weighted by atomic mass is 35.5. The molecule has 1 aliphatic rings. The van der Waals surface area contributed by atoms with Crippen LogP contribution in [0.5, 0.6) is 0 Å². The first-order chi connectivity index (χ1) is 8.99.